The lowest BCUT2D eigenvalue weighted by Crippen LogP contribution is -2.30. The molecule has 1 aliphatic heterocycles. The number of ether oxygens (including phenoxy) is 1. The number of hydrogen-bond acceptors (Lipinski definition) is 8. The van der Waals surface area contributed by atoms with Crippen molar-refractivity contribution in [3.05, 3.63) is 42.2 Å². The van der Waals surface area contributed by atoms with Gasteiger partial charge in [0.15, 0.2) is 18.0 Å². The minimum Gasteiger partial charge on any atom is -0.394 e. The fraction of sp³-hybridized carbons (Fsp3) is 0.353. The molecule has 4 rings (SSSR count). The standard InChI is InChI=1S/C17H18FN5O3S/c18-11-13(25)10(6-24)26-16(11)23-8-20-12-14(23)21-17(19)22-15(12)27-7-9-4-2-1-3-5-9/h1-5,8,10-11,13,16,24-25H,6-7H2,(H2,19,21,22)/t10-,11+,13-,16-/m1/s1. The van der Waals surface area contributed by atoms with E-state index in [9.17, 15) is 14.6 Å². The van der Waals surface area contributed by atoms with Crippen LogP contribution >= 0.6 is 11.8 Å². The molecule has 27 heavy (non-hydrogen) atoms. The van der Waals surface area contributed by atoms with Gasteiger partial charge >= 0.3 is 0 Å². The van der Waals surface area contributed by atoms with Crippen LogP contribution in [0.5, 0.6) is 0 Å². The zero-order valence-corrected chi connectivity index (χ0v) is 15.0. The summed E-state index contributed by atoms with van der Waals surface area (Å²) in [4.78, 5) is 12.7. The average Bonchev–Trinajstić information content (AvgIpc) is 3.22. The van der Waals surface area contributed by atoms with E-state index in [1.54, 1.807) is 0 Å². The van der Waals surface area contributed by atoms with Crippen LogP contribution in [0.2, 0.25) is 0 Å². The molecule has 2 aromatic heterocycles. The lowest BCUT2D eigenvalue weighted by molar-refractivity contribution is -0.0459. The maximum Gasteiger partial charge on any atom is 0.223 e. The number of aliphatic hydroxyl groups excluding tert-OH is 2. The average molecular weight is 391 g/mol. The Morgan fingerprint density at radius 1 is 1.26 bits per heavy atom. The van der Waals surface area contributed by atoms with Crippen LogP contribution in [0.3, 0.4) is 0 Å². The van der Waals surface area contributed by atoms with E-state index in [-0.39, 0.29) is 5.95 Å². The second-order valence-corrected chi connectivity index (χ2v) is 7.13. The van der Waals surface area contributed by atoms with Gasteiger partial charge in [-0.15, -0.1) is 0 Å². The monoisotopic (exact) mass is 391 g/mol. The van der Waals surface area contributed by atoms with Crippen LogP contribution in [0.15, 0.2) is 41.7 Å². The summed E-state index contributed by atoms with van der Waals surface area (Å²) in [6.07, 6.45) is -3.92. The number of anilines is 1. The second kappa shape index (κ2) is 7.39. The highest BCUT2D eigenvalue weighted by molar-refractivity contribution is 7.98. The maximum atomic E-state index is 14.5. The number of halogens is 1. The van der Waals surface area contributed by atoms with Crippen molar-refractivity contribution in [2.75, 3.05) is 12.3 Å². The van der Waals surface area contributed by atoms with Crippen LogP contribution in [0.1, 0.15) is 11.8 Å². The van der Waals surface area contributed by atoms with Crippen molar-refractivity contribution >= 4 is 28.9 Å². The lowest BCUT2D eigenvalue weighted by atomic mass is 10.1. The van der Waals surface area contributed by atoms with Crippen molar-refractivity contribution in [1.82, 2.24) is 19.5 Å². The van der Waals surface area contributed by atoms with Crippen molar-refractivity contribution in [2.45, 2.75) is 35.4 Å². The molecule has 0 unspecified atom stereocenters. The van der Waals surface area contributed by atoms with Gasteiger partial charge in [-0.2, -0.15) is 4.98 Å². The van der Waals surface area contributed by atoms with Gasteiger partial charge in [0.25, 0.3) is 0 Å². The number of nitrogens with two attached hydrogens (primary N) is 1. The van der Waals surface area contributed by atoms with E-state index < -0.39 is 31.2 Å². The molecular formula is C17H18FN5O3S. The van der Waals surface area contributed by atoms with Crippen molar-refractivity contribution in [1.29, 1.82) is 0 Å². The number of fused-ring (bicyclic) bond motifs is 1. The summed E-state index contributed by atoms with van der Waals surface area (Å²) >= 11 is 1.45. The number of nitrogen functional groups attached to an aromatic ring is 1. The quantitative estimate of drug-likeness (QED) is 0.440. The third-order valence-corrected chi connectivity index (χ3v) is 5.41. The van der Waals surface area contributed by atoms with Gasteiger partial charge in [-0.3, -0.25) is 4.57 Å². The number of rotatable bonds is 5. The van der Waals surface area contributed by atoms with E-state index in [1.165, 1.54) is 22.7 Å². The van der Waals surface area contributed by atoms with Crippen molar-refractivity contribution in [3.8, 4) is 0 Å². The minimum atomic E-state index is -1.73. The van der Waals surface area contributed by atoms with E-state index in [2.05, 4.69) is 15.0 Å². The normalized spacial score (nSPS) is 25.3. The lowest BCUT2D eigenvalue weighted by Gasteiger charge is -2.15. The molecule has 3 aromatic rings. The smallest absolute Gasteiger partial charge is 0.223 e. The third kappa shape index (κ3) is 3.36. The minimum absolute atomic E-state index is 0.0347. The summed E-state index contributed by atoms with van der Waals surface area (Å²) in [5.41, 5.74) is 7.74. The first-order valence-corrected chi connectivity index (χ1v) is 9.32. The molecule has 1 aliphatic rings. The number of thioether (sulfide) groups is 1. The maximum absolute atomic E-state index is 14.5. The van der Waals surface area contributed by atoms with E-state index >= 15 is 0 Å². The fourth-order valence-electron chi connectivity index (χ4n) is 3.00. The number of imidazole rings is 1. The van der Waals surface area contributed by atoms with Crippen molar-refractivity contribution in [2.24, 2.45) is 0 Å². The summed E-state index contributed by atoms with van der Waals surface area (Å²) in [5, 5.41) is 19.7. The van der Waals surface area contributed by atoms with Gasteiger partial charge in [0.05, 0.1) is 12.9 Å². The van der Waals surface area contributed by atoms with Gasteiger partial charge in [0.2, 0.25) is 5.95 Å². The fourth-order valence-corrected chi connectivity index (χ4v) is 3.93. The number of aromatic nitrogens is 4. The first-order chi connectivity index (χ1) is 13.1. The topological polar surface area (TPSA) is 119 Å². The summed E-state index contributed by atoms with van der Waals surface area (Å²) in [5.74, 6) is 0.698. The van der Waals surface area contributed by atoms with Crippen LogP contribution in [0.4, 0.5) is 10.3 Å². The zero-order chi connectivity index (χ0) is 19.0. The molecule has 0 radical (unpaired) electrons. The largest absolute Gasteiger partial charge is 0.394 e. The number of nitrogens with zero attached hydrogens (tertiary/aromatic N) is 4. The predicted molar refractivity (Wildman–Crippen MR) is 97.6 cm³/mol. The Kier molecular flexibility index (Phi) is 4.96. The van der Waals surface area contributed by atoms with Crippen LogP contribution in [0, 0.1) is 0 Å². The molecule has 142 valence electrons. The molecule has 10 heteroatoms. The van der Waals surface area contributed by atoms with E-state index in [0.717, 1.165) is 5.56 Å². The number of benzene rings is 1. The van der Waals surface area contributed by atoms with Crippen LogP contribution in [-0.4, -0.2) is 54.7 Å². The molecular weight excluding hydrogens is 373 g/mol. The molecule has 4 N–H and O–H groups in total. The summed E-state index contributed by atoms with van der Waals surface area (Å²) in [6.45, 7) is -0.486. The molecule has 3 heterocycles. The molecule has 0 aliphatic carbocycles. The molecule has 0 amide bonds. The highest BCUT2D eigenvalue weighted by Gasteiger charge is 2.45. The molecule has 4 atom stereocenters. The van der Waals surface area contributed by atoms with E-state index in [4.69, 9.17) is 10.5 Å². The summed E-state index contributed by atoms with van der Waals surface area (Å²) in [6, 6.07) is 9.86. The van der Waals surface area contributed by atoms with Gasteiger partial charge in [0, 0.05) is 5.75 Å². The Labute approximate surface area is 158 Å². The SMILES string of the molecule is Nc1nc(SCc2ccccc2)c2ncn([C@@H]3O[C@H](CO)[C@@H](O)[C@@H]3F)c2n1. The first kappa shape index (κ1) is 18.1. The van der Waals surface area contributed by atoms with Gasteiger partial charge < -0.3 is 20.7 Å². The number of aliphatic hydroxyl groups is 2. The molecule has 0 saturated carbocycles. The highest BCUT2D eigenvalue weighted by Crippen LogP contribution is 2.35. The first-order valence-electron chi connectivity index (χ1n) is 8.33. The van der Waals surface area contributed by atoms with Crippen molar-refractivity contribution < 1.29 is 19.3 Å². The Morgan fingerprint density at radius 2 is 2.04 bits per heavy atom. The van der Waals surface area contributed by atoms with Gasteiger partial charge in [0.1, 0.15) is 22.8 Å². The molecule has 8 nitrogen and oxygen atoms in total. The Morgan fingerprint density at radius 3 is 2.74 bits per heavy atom. The van der Waals surface area contributed by atoms with Crippen LogP contribution in [0.25, 0.3) is 11.2 Å². The van der Waals surface area contributed by atoms with Gasteiger partial charge in [-0.25, -0.2) is 14.4 Å². The Hall–Kier alpha value is -2.27. The van der Waals surface area contributed by atoms with E-state index in [0.29, 0.717) is 21.9 Å². The number of alkyl halides is 1. The molecule has 0 spiro atoms. The Bertz CT molecular complexity index is 941. The van der Waals surface area contributed by atoms with Crippen LogP contribution < -0.4 is 5.73 Å². The van der Waals surface area contributed by atoms with Crippen LogP contribution in [-0.2, 0) is 10.5 Å². The molecule has 1 saturated heterocycles. The molecule has 1 fully saturated rings. The number of hydrogen-bond donors (Lipinski definition) is 3. The molecule has 1 aromatic carbocycles. The van der Waals surface area contributed by atoms with Gasteiger partial charge in [-0.1, -0.05) is 42.1 Å². The zero-order valence-electron chi connectivity index (χ0n) is 14.1. The van der Waals surface area contributed by atoms with Gasteiger partial charge in [-0.05, 0) is 5.56 Å². The summed E-state index contributed by atoms with van der Waals surface area (Å²) < 4.78 is 21.3. The van der Waals surface area contributed by atoms with Crippen molar-refractivity contribution in [3.63, 3.8) is 0 Å². The molecule has 0 bridgehead atoms. The van der Waals surface area contributed by atoms with E-state index in [1.807, 2.05) is 30.3 Å². The second-order valence-electron chi connectivity index (χ2n) is 6.17. The predicted octanol–water partition coefficient (Wildman–Crippen LogP) is 1.29. The third-order valence-electron chi connectivity index (χ3n) is 4.37. The summed E-state index contributed by atoms with van der Waals surface area (Å²) in [7, 11) is 0. The highest BCUT2D eigenvalue weighted by atomic mass is 32.2. The Balaban J connectivity index is 1.66.